The summed E-state index contributed by atoms with van der Waals surface area (Å²) < 4.78 is 15.9. The Morgan fingerprint density at radius 2 is 2.03 bits per heavy atom. The van der Waals surface area contributed by atoms with Crippen molar-refractivity contribution >= 4 is 35.0 Å². The number of amides is 1. The van der Waals surface area contributed by atoms with Gasteiger partial charge in [0.05, 0.1) is 5.75 Å². The molecule has 2 aromatic heterocycles. The molecule has 6 nitrogen and oxygen atoms in total. The Morgan fingerprint density at radius 1 is 1.27 bits per heavy atom. The molecule has 0 aliphatic rings. The van der Waals surface area contributed by atoms with Gasteiger partial charge in [-0.3, -0.25) is 4.79 Å². The van der Waals surface area contributed by atoms with Gasteiger partial charge < -0.3 is 5.32 Å². The smallest absolute Gasteiger partial charge is 0.253 e. The van der Waals surface area contributed by atoms with Gasteiger partial charge in [0.15, 0.2) is 0 Å². The third-order valence-corrected chi connectivity index (χ3v) is 6.01. The summed E-state index contributed by atoms with van der Waals surface area (Å²) in [7, 11) is 0. The van der Waals surface area contributed by atoms with E-state index >= 15 is 0 Å². The minimum atomic E-state index is -0.347. The van der Waals surface area contributed by atoms with Crippen molar-refractivity contribution in [3.8, 4) is 0 Å². The largest absolute Gasteiger partial charge is 0.355 e. The molecule has 0 spiro atoms. The van der Waals surface area contributed by atoms with Crippen LogP contribution in [0.5, 0.6) is 0 Å². The molecule has 3 rings (SSSR count). The van der Waals surface area contributed by atoms with E-state index in [1.807, 2.05) is 13.8 Å². The Hall–Kier alpha value is -2.19. The molecule has 0 unspecified atom stereocenters. The molecule has 3 aromatic rings. The van der Waals surface area contributed by atoms with E-state index in [0.717, 1.165) is 23.4 Å². The van der Waals surface area contributed by atoms with Crippen molar-refractivity contribution in [2.75, 3.05) is 12.3 Å². The van der Waals surface area contributed by atoms with Crippen LogP contribution in [-0.2, 0) is 11.2 Å². The highest BCUT2D eigenvalue weighted by Crippen LogP contribution is 2.26. The third kappa shape index (κ3) is 5.29. The number of benzene rings is 1. The molecule has 0 saturated carbocycles. The maximum Gasteiger partial charge on any atom is 0.253 e. The topological polar surface area (TPSA) is 72.2 Å². The highest BCUT2D eigenvalue weighted by Gasteiger charge is 2.17. The van der Waals surface area contributed by atoms with Gasteiger partial charge in [-0.25, -0.2) is 13.9 Å². The molecule has 0 aliphatic heterocycles. The molecule has 30 heavy (non-hydrogen) atoms. The molecule has 2 heterocycles. The maximum atomic E-state index is 14.2. The fourth-order valence-electron chi connectivity index (χ4n) is 3.07. The summed E-state index contributed by atoms with van der Waals surface area (Å²) in [5.74, 6) is 0.847. The molecule has 0 saturated heterocycles. The fourth-order valence-corrected chi connectivity index (χ4v) is 3.94. The Labute approximate surface area is 184 Å². The molecule has 0 atom stereocenters. The van der Waals surface area contributed by atoms with Gasteiger partial charge in [-0.2, -0.15) is 4.98 Å². The van der Waals surface area contributed by atoms with E-state index in [-0.39, 0.29) is 17.5 Å². The Bertz CT molecular complexity index is 1050. The van der Waals surface area contributed by atoms with E-state index in [2.05, 4.69) is 34.2 Å². The second-order valence-corrected chi connectivity index (χ2v) is 8.92. The lowest BCUT2D eigenvalue weighted by Crippen LogP contribution is -2.26. The predicted molar refractivity (Wildman–Crippen MR) is 118 cm³/mol. The van der Waals surface area contributed by atoms with E-state index < -0.39 is 0 Å². The number of hydrogen-bond acceptors (Lipinski definition) is 5. The summed E-state index contributed by atoms with van der Waals surface area (Å²) in [6.45, 7) is 8.66. The van der Waals surface area contributed by atoms with Crippen LogP contribution in [0.25, 0.3) is 5.78 Å². The highest BCUT2D eigenvalue weighted by atomic mass is 35.5. The number of halogens is 2. The lowest BCUT2D eigenvalue weighted by atomic mass is 10.0. The molecule has 0 fully saturated rings. The number of aryl methyl sites for hydroxylation is 2. The van der Waals surface area contributed by atoms with Crippen molar-refractivity contribution in [2.45, 2.75) is 45.7 Å². The highest BCUT2D eigenvalue weighted by molar-refractivity contribution is 7.99. The SMILES string of the molecule is Cc1nc2nc(SCC(=O)NCCC(C)C)nn2c(C)c1Cc1c(F)cccc1Cl. The van der Waals surface area contributed by atoms with Gasteiger partial charge in [0, 0.05) is 34.9 Å². The van der Waals surface area contributed by atoms with Crippen molar-refractivity contribution in [3.05, 3.63) is 51.6 Å². The molecular weight excluding hydrogens is 425 g/mol. The second-order valence-electron chi connectivity index (χ2n) is 7.57. The minimum absolute atomic E-state index is 0.0461. The zero-order chi connectivity index (χ0) is 21.8. The molecule has 9 heteroatoms. The van der Waals surface area contributed by atoms with Gasteiger partial charge in [-0.1, -0.05) is 43.3 Å². The van der Waals surface area contributed by atoms with Crippen LogP contribution >= 0.6 is 23.4 Å². The summed E-state index contributed by atoms with van der Waals surface area (Å²) >= 11 is 7.46. The van der Waals surface area contributed by atoms with Crippen LogP contribution in [0, 0.1) is 25.6 Å². The first kappa shape index (κ1) is 22.5. The van der Waals surface area contributed by atoms with Crippen LogP contribution in [0.3, 0.4) is 0 Å². The molecule has 0 bridgehead atoms. The van der Waals surface area contributed by atoms with Crippen LogP contribution in [0.2, 0.25) is 5.02 Å². The zero-order valence-corrected chi connectivity index (χ0v) is 19.1. The molecule has 1 N–H and O–H groups in total. The molecular formula is C21H25ClFN5OS. The van der Waals surface area contributed by atoms with Crippen molar-refractivity contribution in [1.29, 1.82) is 0 Å². The first-order valence-corrected chi connectivity index (χ1v) is 11.2. The predicted octanol–water partition coefficient (Wildman–Crippen LogP) is 4.38. The number of nitrogens with zero attached hydrogens (tertiary/aromatic N) is 4. The molecule has 0 aliphatic carbocycles. The van der Waals surface area contributed by atoms with Gasteiger partial charge >= 0.3 is 0 Å². The first-order chi connectivity index (χ1) is 14.3. The zero-order valence-electron chi connectivity index (χ0n) is 17.5. The normalized spacial score (nSPS) is 11.4. The molecule has 160 valence electrons. The minimum Gasteiger partial charge on any atom is -0.355 e. The monoisotopic (exact) mass is 449 g/mol. The van der Waals surface area contributed by atoms with Crippen LogP contribution in [0.4, 0.5) is 4.39 Å². The summed E-state index contributed by atoms with van der Waals surface area (Å²) in [5.41, 5.74) is 2.84. The van der Waals surface area contributed by atoms with Crippen molar-refractivity contribution in [2.24, 2.45) is 5.92 Å². The van der Waals surface area contributed by atoms with Crippen molar-refractivity contribution < 1.29 is 9.18 Å². The van der Waals surface area contributed by atoms with Crippen LogP contribution in [0.1, 0.15) is 42.8 Å². The maximum absolute atomic E-state index is 14.2. The standard InChI is InChI=1S/C21H25ClFN5OS/c1-12(2)8-9-24-19(29)11-30-21-26-20-25-13(3)15(14(4)28(20)27-21)10-16-17(22)6-5-7-18(16)23/h5-7,12H,8-11H2,1-4H3,(H,24,29). The Morgan fingerprint density at radius 3 is 2.73 bits per heavy atom. The average Bonchev–Trinajstić information content (AvgIpc) is 3.08. The first-order valence-electron chi connectivity index (χ1n) is 9.81. The number of carbonyl (C=O) groups excluding carboxylic acids is 1. The van der Waals surface area contributed by atoms with Gasteiger partial charge in [0.25, 0.3) is 5.78 Å². The van der Waals surface area contributed by atoms with Gasteiger partial charge in [0.2, 0.25) is 11.1 Å². The lowest BCUT2D eigenvalue weighted by Gasteiger charge is -2.12. The fraction of sp³-hybridized carbons (Fsp3) is 0.429. The number of carbonyl (C=O) groups is 1. The van der Waals surface area contributed by atoms with E-state index in [1.54, 1.807) is 16.6 Å². The second kappa shape index (κ2) is 9.75. The number of fused-ring (bicyclic) bond motifs is 1. The van der Waals surface area contributed by atoms with Crippen LogP contribution in [0.15, 0.2) is 23.4 Å². The van der Waals surface area contributed by atoms with E-state index in [4.69, 9.17) is 11.6 Å². The van der Waals surface area contributed by atoms with Crippen molar-refractivity contribution in [1.82, 2.24) is 24.9 Å². The Balaban J connectivity index is 1.77. The lowest BCUT2D eigenvalue weighted by molar-refractivity contribution is -0.118. The van der Waals surface area contributed by atoms with Gasteiger partial charge in [-0.05, 0) is 43.9 Å². The van der Waals surface area contributed by atoms with E-state index in [1.165, 1.54) is 17.8 Å². The molecule has 1 amide bonds. The number of rotatable bonds is 8. The number of nitrogens with one attached hydrogen (secondary N) is 1. The summed E-state index contributed by atoms with van der Waals surface area (Å²) in [6.07, 6.45) is 1.26. The van der Waals surface area contributed by atoms with E-state index in [9.17, 15) is 9.18 Å². The Kier molecular flexibility index (Phi) is 7.31. The van der Waals surface area contributed by atoms with Crippen molar-refractivity contribution in [3.63, 3.8) is 0 Å². The number of hydrogen-bond donors (Lipinski definition) is 1. The summed E-state index contributed by atoms with van der Waals surface area (Å²) in [4.78, 5) is 20.9. The third-order valence-electron chi connectivity index (χ3n) is 4.82. The summed E-state index contributed by atoms with van der Waals surface area (Å²) in [6, 6.07) is 4.66. The van der Waals surface area contributed by atoms with Crippen LogP contribution < -0.4 is 5.32 Å². The average molecular weight is 450 g/mol. The van der Waals surface area contributed by atoms with E-state index in [0.29, 0.717) is 40.4 Å². The van der Waals surface area contributed by atoms with Crippen LogP contribution in [-0.4, -0.2) is 37.8 Å². The number of thioether (sulfide) groups is 1. The molecule has 0 radical (unpaired) electrons. The van der Waals surface area contributed by atoms with Gasteiger partial charge in [0.1, 0.15) is 5.82 Å². The van der Waals surface area contributed by atoms with Gasteiger partial charge in [-0.15, -0.1) is 5.10 Å². The summed E-state index contributed by atoms with van der Waals surface area (Å²) in [5, 5.41) is 8.24. The molecule has 1 aromatic carbocycles. The quantitative estimate of drug-likeness (QED) is 0.517. The number of aromatic nitrogens is 4.